The van der Waals surface area contributed by atoms with E-state index in [2.05, 4.69) is 10.3 Å². The Hall–Kier alpha value is -2.25. The number of rotatable bonds is 4. The molecule has 2 aromatic rings. The number of carbonyl (C=O) groups is 1. The molecule has 1 saturated carbocycles. The second-order valence-electron chi connectivity index (χ2n) is 6.64. The van der Waals surface area contributed by atoms with Gasteiger partial charge >= 0.3 is 0 Å². The molecule has 6 nitrogen and oxygen atoms in total. The summed E-state index contributed by atoms with van der Waals surface area (Å²) in [7, 11) is 1.62. The number of benzene rings is 1. The van der Waals surface area contributed by atoms with E-state index >= 15 is 0 Å². The minimum atomic E-state index is -0.467. The van der Waals surface area contributed by atoms with Gasteiger partial charge in [0.25, 0.3) is 5.91 Å². The highest BCUT2D eigenvalue weighted by molar-refractivity contribution is 6.06. The van der Waals surface area contributed by atoms with Crippen molar-refractivity contribution in [1.82, 2.24) is 10.3 Å². The van der Waals surface area contributed by atoms with E-state index in [0.29, 0.717) is 24.1 Å². The lowest BCUT2D eigenvalue weighted by Gasteiger charge is -2.47. The van der Waals surface area contributed by atoms with E-state index in [4.69, 9.17) is 9.47 Å². The molecule has 4 rings (SSSR count). The number of carbonyl (C=O) groups excluding carboxylic acids is 1. The second kappa shape index (κ2) is 6.24. The van der Waals surface area contributed by atoms with E-state index in [9.17, 15) is 14.0 Å². The van der Waals surface area contributed by atoms with Crippen molar-refractivity contribution in [2.45, 2.75) is 18.6 Å². The number of ether oxygens (including phenoxy) is 2. The molecule has 0 bridgehead atoms. The molecule has 1 aromatic carbocycles. The normalized spacial score (nSPS) is 27.8. The quantitative estimate of drug-likeness (QED) is 0.878. The summed E-state index contributed by atoms with van der Waals surface area (Å²) in [6, 6.07) is 5.20. The largest absolute Gasteiger partial charge is 0.384 e. The van der Waals surface area contributed by atoms with Crippen LogP contribution in [0.3, 0.4) is 0 Å². The van der Waals surface area contributed by atoms with Gasteiger partial charge in [0.05, 0.1) is 23.8 Å². The van der Waals surface area contributed by atoms with E-state index in [1.165, 1.54) is 24.3 Å². The minimum absolute atomic E-state index is 0.0465. The molecule has 1 aromatic heterocycles. The number of hydrogen-bond donors (Lipinski definition) is 2. The van der Waals surface area contributed by atoms with Gasteiger partial charge < -0.3 is 19.8 Å². The molecule has 1 aliphatic carbocycles. The predicted molar refractivity (Wildman–Crippen MR) is 89.0 cm³/mol. The second-order valence-corrected chi connectivity index (χ2v) is 6.64. The summed E-state index contributed by atoms with van der Waals surface area (Å²) in [5.74, 6) is -0.424. The van der Waals surface area contributed by atoms with E-state index in [1.54, 1.807) is 7.11 Å². The number of H-pyrrole nitrogens is 1. The molecule has 1 aliphatic heterocycles. The summed E-state index contributed by atoms with van der Waals surface area (Å²) in [5.41, 5.74) is 0.117. The number of aromatic nitrogens is 1. The highest BCUT2D eigenvalue weighted by Gasteiger charge is 2.54. The maximum Gasteiger partial charge on any atom is 0.252 e. The Kier molecular flexibility index (Phi) is 4.05. The molecule has 7 heteroatoms. The van der Waals surface area contributed by atoms with Gasteiger partial charge in [0.2, 0.25) is 5.56 Å². The topological polar surface area (TPSA) is 80.4 Å². The maximum atomic E-state index is 13.4. The van der Waals surface area contributed by atoms with Gasteiger partial charge in [-0.05, 0) is 24.6 Å². The van der Waals surface area contributed by atoms with Crippen LogP contribution in [-0.2, 0) is 9.47 Å². The summed E-state index contributed by atoms with van der Waals surface area (Å²) in [6.07, 6.45) is 1.02. The minimum Gasteiger partial charge on any atom is -0.384 e. The Bertz CT molecular complexity index is 881. The van der Waals surface area contributed by atoms with Crippen LogP contribution in [0.4, 0.5) is 4.39 Å². The first-order valence-corrected chi connectivity index (χ1v) is 8.32. The van der Waals surface area contributed by atoms with Gasteiger partial charge in [0, 0.05) is 43.0 Å². The fourth-order valence-corrected chi connectivity index (χ4v) is 4.08. The zero-order valence-corrected chi connectivity index (χ0v) is 13.8. The number of methoxy groups -OCH3 is 1. The molecule has 25 heavy (non-hydrogen) atoms. The number of hydrogen-bond acceptors (Lipinski definition) is 4. The third-order valence-electron chi connectivity index (χ3n) is 5.23. The van der Waals surface area contributed by atoms with Crippen molar-refractivity contribution in [3.05, 3.63) is 46.0 Å². The predicted octanol–water partition coefficient (Wildman–Crippen LogP) is 1.45. The van der Waals surface area contributed by atoms with Crippen LogP contribution in [0.1, 0.15) is 16.8 Å². The molecule has 2 heterocycles. The molecule has 4 atom stereocenters. The monoisotopic (exact) mass is 346 g/mol. The Morgan fingerprint density at radius 3 is 3.08 bits per heavy atom. The van der Waals surface area contributed by atoms with Crippen molar-refractivity contribution in [2.75, 3.05) is 20.3 Å². The highest BCUT2D eigenvalue weighted by atomic mass is 19.1. The number of halogens is 1. The van der Waals surface area contributed by atoms with Crippen molar-refractivity contribution >= 4 is 16.8 Å². The first-order valence-electron chi connectivity index (χ1n) is 8.32. The van der Waals surface area contributed by atoms with Gasteiger partial charge in [-0.2, -0.15) is 0 Å². The summed E-state index contributed by atoms with van der Waals surface area (Å²) in [4.78, 5) is 27.2. The molecule has 0 spiro atoms. The summed E-state index contributed by atoms with van der Waals surface area (Å²) >= 11 is 0. The molecule has 132 valence electrons. The van der Waals surface area contributed by atoms with E-state index in [0.717, 1.165) is 6.42 Å². The van der Waals surface area contributed by atoms with E-state index < -0.39 is 11.4 Å². The van der Waals surface area contributed by atoms with Crippen LogP contribution in [0, 0.1) is 17.7 Å². The van der Waals surface area contributed by atoms with Crippen LogP contribution in [0.15, 0.2) is 29.1 Å². The fraction of sp³-hybridized carbons (Fsp3) is 0.444. The lowest BCUT2D eigenvalue weighted by atomic mass is 9.67. The number of fused-ring (bicyclic) bond motifs is 2. The van der Waals surface area contributed by atoms with Crippen LogP contribution in [0.25, 0.3) is 10.9 Å². The molecule has 0 unspecified atom stereocenters. The SMILES string of the molecule is COC[C@H]1[C@@H](NC(=O)c2cc(=O)[nH]c3cc(F)ccc23)[C@H]2CCO[C@H]21. The first kappa shape index (κ1) is 16.2. The van der Waals surface area contributed by atoms with Gasteiger partial charge in [0.1, 0.15) is 5.82 Å². The Balaban J connectivity index is 1.63. The number of nitrogens with one attached hydrogen (secondary N) is 2. The third kappa shape index (κ3) is 2.73. The summed E-state index contributed by atoms with van der Waals surface area (Å²) in [6.45, 7) is 1.20. The third-order valence-corrected chi connectivity index (χ3v) is 5.23. The van der Waals surface area contributed by atoms with Gasteiger partial charge in [-0.3, -0.25) is 9.59 Å². The zero-order valence-electron chi connectivity index (χ0n) is 13.8. The lowest BCUT2D eigenvalue weighted by Crippen LogP contribution is -2.62. The first-order chi connectivity index (χ1) is 12.1. The van der Waals surface area contributed by atoms with Crippen molar-refractivity contribution < 1.29 is 18.7 Å². The Morgan fingerprint density at radius 2 is 2.28 bits per heavy atom. The van der Waals surface area contributed by atoms with Crippen molar-refractivity contribution in [3.8, 4) is 0 Å². The van der Waals surface area contributed by atoms with Crippen molar-refractivity contribution in [2.24, 2.45) is 11.8 Å². The summed E-state index contributed by atoms with van der Waals surface area (Å²) < 4.78 is 24.4. The smallest absolute Gasteiger partial charge is 0.252 e. The van der Waals surface area contributed by atoms with Crippen molar-refractivity contribution in [3.63, 3.8) is 0 Å². The number of aromatic amines is 1. The van der Waals surface area contributed by atoms with Gasteiger partial charge in [-0.1, -0.05) is 0 Å². The van der Waals surface area contributed by atoms with Crippen molar-refractivity contribution in [1.29, 1.82) is 0 Å². The number of pyridine rings is 1. The molecule has 0 radical (unpaired) electrons. The molecule has 2 N–H and O–H groups in total. The average molecular weight is 346 g/mol. The van der Waals surface area contributed by atoms with Gasteiger partial charge in [-0.25, -0.2) is 4.39 Å². The van der Waals surface area contributed by atoms with Crippen LogP contribution < -0.4 is 10.9 Å². The Morgan fingerprint density at radius 1 is 1.44 bits per heavy atom. The molecule has 1 saturated heterocycles. The lowest BCUT2D eigenvalue weighted by molar-refractivity contribution is -0.0809. The van der Waals surface area contributed by atoms with Gasteiger partial charge in [-0.15, -0.1) is 0 Å². The summed E-state index contributed by atoms with van der Waals surface area (Å²) in [5, 5.41) is 3.54. The molecular weight excluding hydrogens is 327 g/mol. The highest BCUT2D eigenvalue weighted by Crippen LogP contribution is 2.43. The van der Waals surface area contributed by atoms with E-state index in [1.807, 2.05) is 0 Å². The fourth-order valence-electron chi connectivity index (χ4n) is 4.08. The van der Waals surface area contributed by atoms with Crippen LogP contribution >= 0.6 is 0 Å². The average Bonchev–Trinajstić information content (AvgIpc) is 3.00. The van der Waals surface area contributed by atoms with Crippen LogP contribution in [0.2, 0.25) is 0 Å². The maximum absolute atomic E-state index is 13.4. The molecule has 2 aliphatic rings. The number of amides is 1. The van der Waals surface area contributed by atoms with E-state index in [-0.39, 0.29) is 35.5 Å². The van der Waals surface area contributed by atoms with Gasteiger partial charge in [0.15, 0.2) is 0 Å². The standard InChI is InChI=1S/C18H19FN2O4/c1-24-8-13-16(11-4-5-25-17(11)13)21-18(23)12-7-15(22)20-14-6-9(19)2-3-10(12)14/h2-3,6-7,11,13,16-17H,4-5,8H2,1H3,(H,20,22)(H,21,23)/t11-,13+,16+,17-/m1/s1. The zero-order chi connectivity index (χ0) is 17.6. The molecular formula is C18H19FN2O4. The van der Waals surface area contributed by atoms with Crippen LogP contribution in [-0.4, -0.2) is 43.4 Å². The molecule has 2 fully saturated rings. The molecule has 1 amide bonds. The Labute approximate surface area is 143 Å². The van der Waals surface area contributed by atoms with Crippen LogP contribution in [0.5, 0.6) is 0 Å².